The number of nitrogens with zero attached hydrogens (tertiary/aromatic N) is 2. The fourth-order valence-electron chi connectivity index (χ4n) is 2.42. The van der Waals surface area contributed by atoms with Crippen molar-refractivity contribution in [3.63, 3.8) is 0 Å². The minimum Gasteiger partial charge on any atom is -0.453 e. The number of nitrogens with one attached hydrogen (secondary N) is 1. The molecule has 6 nitrogen and oxygen atoms in total. The number of hydrogen-bond acceptors (Lipinski definition) is 4. The Hall–Kier alpha value is -1.01. The first kappa shape index (κ1) is 20.0. The monoisotopic (exact) mass is 321 g/mol. The van der Waals surface area contributed by atoms with Gasteiger partial charge < -0.3 is 15.0 Å². The molecule has 0 aromatic carbocycles. The van der Waals surface area contributed by atoms with E-state index >= 15 is 0 Å². The largest absolute Gasteiger partial charge is 0.453 e. The van der Waals surface area contributed by atoms with Gasteiger partial charge >= 0.3 is 6.09 Å². The van der Waals surface area contributed by atoms with E-state index in [4.69, 9.17) is 4.74 Å². The van der Waals surface area contributed by atoms with Gasteiger partial charge in [0.05, 0.1) is 7.11 Å². The van der Waals surface area contributed by atoms with Crippen molar-refractivity contribution in [2.75, 3.05) is 46.4 Å². The smallest absolute Gasteiger partial charge is 0.409 e. The van der Waals surface area contributed by atoms with Gasteiger partial charge in [-0.1, -0.05) is 13.8 Å². The molecule has 1 rings (SSSR count). The van der Waals surface area contributed by atoms with E-state index in [0.717, 1.165) is 32.5 Å². The number of carbonyl (C=O) groups excluding carboxylic acids is 2. The summed E-state index contributed by atoms with van der Waals surface area (Å²) in [5, 5.41) is 2.99. The molecule has 0 aromatic heterocycles. The molecule has 0 aliphatic carbocycles. The quantitative estimate of drug-likeness (QED) is 0.802. The van der Waals surface area contributed by atoms with Crippen LogP contribution in [0, 0.1) is 5.92 Å². The molecule has 0 saturated carbocycles. The Labute approximate surface area is 133 Å². The number of carbonyl (C=O) groups is 2. The van der Waals surface area contributed by atoms with Gasteiger partial charge in [0.2, 0.25) is 5.91 Å². The molecule has 2 amide bonds. The van der Waals surface area contributed by atoms with Crippen molar-refractivity contribution in [1.29, 1.82) is 0 Å². The van der Waals surface area contributed by atoms with Gasteiger partial charge in [-0.05, 0) is 12.8 Å². The molecule has 1 aliphatic heterocycles. The second-order valence-corrected chi connectivity index (χ2v) is 5.10. The average molecular weight is 322 g/mol. The number of methoxy groups -OCH3 is 1. The van der Waals surface area contributed by atoms with E-state index in [1.165, 1.54) is 7.11 Å². The third-order valence-corrected chi connectivity index (χ3v) is 3.89. The fraction of sp³-hybridized carbons (Fsp3) is 0.857. The van der Waals surface area contributed by atoms with Crippen molar-refractivity contribution in [2.45, 2.75) is 26.7 Å². The summed E-state index contributed by atoms with van der Waals surface area (Å²) in [5.41, 5.74) is 0. The first-order valence-corrected chi connectivity index (χ1v) is 7.45. The molecule has 0 bridgehead atoms. The molecule has 0 unspecified atom stereocenters. The Kier molecular flexibility index (Phi) is 10.2. The Balaban J connectivity index is 0.00000400. The van der Waals surface area contributed by atoms with Crippen LogP contribution in [0.1, 0.15) is 26.7 Å². The van der Waals surface area contributed by atoms with Crippen LogP contribution in [0.3, 0.4) is 0 Å². The van der Waals surface area contributed by atoms with Crippen LogP contribution in [0.4, 0.5) is 4.79 Å². The van der Waals surface area contributed by atoms with Crippen LogP contribution in [0.5, 0.6) is 0 Å². The topological polar surface area (TPSA) is 61.9 Å². The summed E-state index contributed by atoms with van der Waals surface area (Å²) in [7, 11) is 1.40. The third-order valence-electron chi connectivity index (χ3n) is 3.89. The van der Waals surface area contributed by atoms with Crippen LogP contribution in [0.2, 0.25) is 0 Å². The maximum Gasteiger partial charge on any atom is 0.409 e. The van der Waals surface area contributed by atoms with Gasteiger partial charge in [0.15, 0.2) is 0 Å². The van der Waals surface area contributed by atoms with Gasteiger partial charge in [-0.2, -0.15) is 0 Å². The molecule has 0 radical (unpaired) electrons. The highest BCUT2D eigenvalue weighted by atomic mass is 35.5. The highest BCUT2D eigenvalue weighted by molar-refractivity contribution is 5.85. The molecule has 1 heterocycles. The van der Waals surface area contributed by atoms with Crippen LogP contribution < -0.4 is 5.32 Å². The number of amides is 2. The summed E-state index contributed by atoms with van der Waals surface area (Å²) in [4.78, 5) is 27.1. The second-order valence-electron chi connectivity index (χ2n) is 5.10. The standard InChI is InChI=1S/C14H27N3O3.ClH/c1-4-12(5-2)13(18)15-6-7-16-8-10-17(11-9-16)14(19)20-3;/h12H,4-11H2,1-3H3,(H,15,18);1H. The van der Waals surface area contributed by atoms with Crippen LogP contribution in [0.15, 0.2) is 0 Å². The Morgan fingerprint density at radius 2 is 1.71 bits per heavy atom. The lowest BCUT2D eigenvalue weighted by Gasteiger charge is -2.33. The van der Waals surface area contributed by atoms with Crippen LogP contribution in [-0.4, -0.2) is 68.2 Å². The van der Waals surface area contributed by atoms with E-state index in [2.05, 4.69) is 10.2 Å². The average Bonchev–Trinajstić information content (AvgIpc) is 2.48. The summed E-state index contributed by atoms with van der Waals surface area (Å²) in [5.74, 6) is 0.286. The highest BCUT2D eigenvalue weighted by Gasteiger charge is 2.21. The van der Waals surface area contributed by atoms with Gasteiger partial charge in [-0.3, -0.25) is 9.69 Å². The molecule has 1 aliphatic rings. The molecule has 124 valence electrons. The first-order valence-electron chi connectivity index (χ1n) is 7.45. The number of hydrogen-bond donors (Lipinski definition) is 1. The number of piperazine rings is 1. The molecule has 7 heteroatoms. The molecule has 0 atom stereocenters. The minimum atomic E-state index is -0.258. The van der Waals surface area contributed by atoms with Gasteiger partial charge in [0.1, 0.15) is 0 Å². The lowest BCUT2D eigenvalue weighted by molar-refractivity contribution is -0.125. The summed E-state index contributed by atoms with van der Waals surface area (Å²) >= 11 is 0. The molecule has 0 aromatic rings. The van der Waals surface area contributed by atoms with E-state index in [9.17, 15) is 9.59 Å². The van der Waals surface area contributed by atoms with E-state index in [1.54, 1.807) is 4.90 Å². The van der Waals surface area contributed by atoms with E-state index in [-0.39, 0.29) is 30.3 Å². The molecular weight excluding hydrogens is 294 g/mol. The lowest BCUT2D eigenvalue weighted by atomic mass is 10.0. The maximum absolute atomic E-state index is 11.8. The minimum absolute atomic E-state index is 0. The van der Waals surface area contributed by atoms with Gasteiger partial charge in [0, 0.05) is 45.2 Å². The fourth-order valence-corrected chi connectivity index (χ4v) is 2.42. The zero-order valence-electron chi connectivity index (χ0n) is 13.3. The van der Waals surface area contributed by atoms with Crippen molar-refractivity contribution in [3.8, 4) is 0 Å². The van der Waals surface area contributed by atoms with E-state index in [1.807, 2.05) is 13.8 Å². The molecule has 1 saturated heterocycles. The molecule has 21 heavy (non-hydrogen) atoms. The molecular formula is C14H28ClN3O3. The zero-order valence-corrected chi connectivity index (χ0v) is 14.1. The number of halogens is 1. The summed E-state index contributed by atoms with van der Waals surface area (Å²) < 4.78 is 4.70. The van der Waals surface area contributed by atoms with Crippen molar-refractivity contribution in [2.24, 2.45) is 5.92 Å². The van der Waals surface area contributed by atoms with Gasteiger partial charge in [0.25, 0.3) is 0 Å². The SMILES string of the molecule is CCC(CC)C(=O)NCCN1CCN(C(=O)OC)CC1.Cl. The lowest BCUT2D eigenvalue weighted by Crippen LogP contribution is -2.50. The molecule has 0 spiro atoms. The Bertz CT molecular complexity index is 317. The first-order chi connectivity index (χ1) is 9.62. The normalized spacial score (nSPS) is 15.5. The summed E-state index contributed by atoms with van der Waals surface area (Å²) in [6.07, 6.45) is 1.52. The van der Waals surface area contributed by atoms with E-state index < -0.39 is 0 Å². The van der Waals surface area contributed by atoms with Crippen molar-refractivity contribution < 1.29 is 14.3 Å². The maximum atomic E-state index is 11.8. The number of rotatable bonds is 6. The predicted octanol–water partition coefficient (Wildman–Crippen LogP) is 1.34. The second kappa shape index (κ2) is 10.7. The molecule has 1 N–H and O–H groups in total. The zero-order chi connectivity index (χ0) is 15.0. The highest BCUT2D eigenvalue weighted by Crippen LogP contribution is 2.07. The van der Waals surface area contributed by atoms with Crippen molar-refractivity contribution >= 4 is 24.4 Å². The number of ether oxygens (including phenoxy) is 1. The Morgan fingerprint density at radius 3 is 2.19 bits per heavy atom. The van der Waals surface area contributed by atoms with Crippen molar-refractivity contribution in [1.82, 2.24) is 15.1 Å². The van der Waals surface area contributed by atoms with E-state index in [0.29, 0.717) is 19.6 Å². The van der Waals surface area contributed by atoms with Crippen LogP contribution >= 0.6 is 12.4 Å². The molecule has 1 fully saturated rings. The van der Waals surface area contributed by atoms with Crippen molar-refractivity contribution in [3.05, 3.63) is 0 Å². The van der Waals surface area contributed by atoms with Crippen LogP contribution in [-0.2, 0) is 9.53 Å². The summed E-state index contributed by atoms with van der Waals surface area (Å²) in [6, 6.07) is 0. The predicted molar refractivity (Wildman–Crippen MR) is 84.7 cm³/mol. The Morgan fingerprint density at radius 1 is 1.14 bits per heavy atom. The van der Waals surface area contributed by atoms with Gasteiger partial charge in [-0.15, -0.1) is 12.4 Å². The van der Waals surface area contributed by atoms with Crippen LogP contribution in [0.25, 0.3) is 0 Å². The van der Waals surface area contributed by atoms with Gasteiger partial charge in [-0.25, -0.2) is 4.79 Å². The summed E-state index contributed by atoms with van der Waals surface area (Å²) in [6.45, 7) is 8.63. The third kappa shape index (κ3) is 6.52.